The highest BCUT2D eigenvalue weighted by molar-refractivity contribution is 5.82. The number of carboxylic acid groups (broad SMARTS) is 1. The molecule has 1 aromatic rings. The van der Waals surface area contributed by atoms with E-state index in [1.54, 1.807) is 0 Å². The smallest absolute Gasteiger partial charge is 0.329 e. The van der Waals surface area contributed by atoms with Crippen molar-refractivity contribution in [2.75, 3.05) is 5.32 Å². The predicted molar refractivity (Wildman–Crippen MR) is 71.0 cm³/mol. The number of nitrogens with zero attached hydrogens (tertiary/aromatic N) is 3. The zero-order valence-corrected chi connectivity index (χ0v) is 11.4. The number of rotatable bonds is 5. The summed E-state index contributed by atoms with van der Waals surface area (Å²) >= 11 is 0. The molecule has 0 spiro atoms. The van der Waals surface area contributed by atoms with E-state index in [9.17, 15) is 9.90 Å². The van der Waals surface area contributed by atoms with Crippen molar-refractivity contribution in [1.82, 2.24) is 15.2 Å². The second-order valence-corrected chi connectivity index (χ2v) is 4.96. The first-order valence-corrected chi connectivity index (χ1v) is 6.85. The summed E-state index contributed by atoms with van der Waals surface area (Å²) in [6, 6.07) is 0. The molecule has 2 N–H and O–H groups in total. The van der Waals surface area contributed by atoms with Crippen LogP contribution in [0, 0.1) is 0 Å². The molecule has 19 heavy (non-hydrogen) atoms. The Morgan fingerprint density at radius 1 is 1.21 bits per heavy atom. The number of hydrogen-bond donors (Lipinski definition) is 2. The Balaban J connectivity index is 2.25. The molecule has 0 bridgehead atoms. The van der Waals surface area contributed by atoms with E-state index in [1.807, 2.05) is 13.8 Å². The Labute approximate surface area is 112 Å². The fraction of sp³-hybridized carbons (Fsp3) is 0.692. The summed E-state index contributed by atoms with van der Waals surface area (Å²) in [5, 5.41) is 20.6. The van der Waals surface area contributed by atoms with E-state index in [0.29, 0.717) is 18.8 Å². The second-order valence-electron chi connectivity index (χ2n) is 4.96. The van der Waals surface area contributed by atoms with E-state index in [-0.39, 0.29) is 0 Å². The van der Waals surface area contributed by atoms with Gasteiger partial charge in [-0.15, -0.1) is 5.10 Å². The number of hydrogen-bond acceptors (Lipinski definition) is 5. The first-order chi connectivity index (χ1) is 9.11. The number of aliphatic carboxylic acids is 1. The Bertz CT molecular complexity index is 470. The molecular formula is C13H20N4O2. The third-order valence-electron chi connectivity index (χ3n) is 3.73. The number of anilines is 1. The molecule has 0 atom stereocenters. The van der Waals surface area contributed by atoms with Gasteiger partial charge in [-0.3, -0.25) is 0 Å². The molecule has 104 valence electrons. The van der Waals surface area contributed by atoms with Gasteiger partial charge >= 0.3 is 5.97 Å². The maximum absolute atomic E-state index is 11.5. The van der Waals surface area contributed by atoms with Gasteiger partial charge in [-0.1, -0.05) is 26.7 Å². The number of aromatic nitrogens is 3. The van der Waals surface area contributed by atoms with E-state index in [4.69, 9.17) is 0 Å². The van der Waals surface area contributed by atoms with E-state index in [2.05, 4.69) is 20.5 Å². The van der Waals surface area contributed by atoms with Crippen LogP contribution in [0.5, 0.6) is 0 Å². The van der Waals surface area contributed by atoms with Crippen molar-refractivity contribution < 1.29 is 9.90 Å². The third kappa shape index (κ3) is 2.67. The van der Waals surface area contributed by atoms with E-state index >= 15 is 0 Å². The lowest BCUT2D eigenvalue weighted by Crippen LogP contribution is -2.44. The van der Waals surface area contributed by atoms with Gasteiger partial charge in [0.1, 0.15) is 5.54 Å². The molecule has 1 saturated carbocycles. The van der Waals surface area contributed by atoms with Crippen LogP contribution in [0.2, 0.25) is 0 Å². The molecule has 2 rings (SSSR count). The monoisotopic (exact) mass is 264 g/mol. The summed E-state index contributed by atoms with van der Waals surface area (Å²) in [6.07, 6.45) is 4.62. The summed E-state index contributed by atoms with van der Waals surface area (Å²) in [7, 11) is 0. The lowest BCUT2D eigenvalue weighted by atomic mass is 9.98. The minimum atomic E-state index is -0.916. The van der Waals surface area contributed by atoms with Crippen molar-refractivity contribution in [3.05, 3.63) is 11.4 Å². The lowest BCUT2D eigenvalue weighted by Gasteiger charge is -2.25. The van der Waals surface area contributed by atoms with Crippen LogP contribution in [0.4, 0.5) is 5.95 Å². The van der Waals surface area contributed by atoms with Gasteiger partial charge in [0.25, 0.3) is 0 Å². The van der Waals surface area contributed by atoms with Crippen molar-refractivity contribution in [2.24, 2.45) is 0 Å². The first kappa shape index (κ1) is 13.7. The summed E-state index contributed by atoms with van der Waals surface area (Å²) in [5.41, 5.74) is 0.850. The van der Waals surface area contributed by atoms with Gasteiger partial charge in [-0.25, -0.2) is 9.78 Å². The molecule has 6 heteroatoms. The number of nitrogens with one attached hydrogen (secondary N) is 1. The van der Waals surface area contributed by atoms with Gasteiger partial charge < -0.3 is 10.4 Å². The number of carboxylic acids is 1. The Kier molecular flexibility index (Phi) is 3.97. The molecule has 1 aliphatic carbocycles. The second kappa shape index (κ2) is 5.50. The summed E-state index contributed by atoms with van der Waals surface area (Å²) in [4.78, 5) is 15.9. The summed E-state index contributed by atoms with van der Waals surface area (Å²) in [5.74, 6) is -0.496. The lowest BCUT2D eigenvalue weighted by molar-refractivity contribution is -0.142. The van der Waals surface area contributed by atoms with Gasteiger partial charge in [0.05, 0.1) is 11.4 Å². The van der Waals surface area contributed by atoms with E-state index < -0.39 is 11.5 Å². The van der Waals surface area contributed by atoms with Crippen molar-refractivity contribution in [2.45, 2.75) is 57.9 Å². The Morgan fingerprint density at radius 2 is 1.84 bits per heavy atom. The average Bonchev–Trinajstić information content (AvgIpc) is 2.88. The van der Waals surface area contributed by atoms with Crippen LogP contribution < -0.4 is 5.32 Å². The minimum absolute atomic E-state index is 0.332. The summed E-state index contributed by atoms with van der Waals surface area (Å²) in [6.45, 7) is 4.02. The topological polar surface area (TPSA) is 88.0 Å². The van der Waals surface area contributed by atoms with Crippen LogP contribution in [0.1, 0.15) is 50.9 Å². The van der Waals surface area contributed by atoms with Crippen LogP contribution in [0.25, 0.3) is 0 Å². The van der Waals surface area contributed by atoms with Gasteiger partial charge in [0, 0.05) is 0 Å². The van der Waals surface area contributed by atoms with Crippen LogP contribution in [-0.4, -0.2) is 31.8 Å². The highest BCUT2D eigenvalue weighted by Gasteiger charge is 2.42. The van der Waals surface area contributed by atoms with Crippen molar-refractivity contribution >= 4 is 11.9 Å². The first-order valence-electron chi connectivity index (χ1n) is 6.85. The van der Waals surface area contributed by atoms with Crippen LogP contribution in [0.3, 0.4) is 0 Å². The Morgan fingerprint density at radius 3 is 2.37 bits per heavy atom. The maximum atomic E-state index is 11.5. The number of carbonyl (C=O) groups is 1. The zero-order chi connectivity index (χ0) is 13.9. The van der Waals surface area contributed by atoms with Crippen LogP contribution in [-0.2, 0) is 17.6 Å². The van der Waals surface area contributed by atoms with E-state index in [1.165, 1.54) is 0 Å². The summed E-state index contributed by atoms with van der Waals surface area (Å²) < 4.78 is 0. The quantitative estimate of drug-likeness (QED) is 0.843. The van der Waals surface area contributed by atoms with Crippen LogP contribution >= 0.6 is 0 Å². The molecule has 0 unspecified atom stereocenters. The van der Waals surface area contributed by atoms with Crippen molar-refractivity contribution in [3.63, 3.8) is 0 Å². The SMILES string of the molecule is CCc1nnc(NC2(C(=O)O)CCCC2)nc1CC. The largest absolute Gasteiger partial charge is 0.480 e. The fourth-order valence-corrected chi connectivity index (χ4v) is 2.58. The third-order valence-corrected chi connectivity index (χ3v) is 3.73. The highest BCUT2D eigenvalue weighted by Crippen LogP contribution is 2.32. The fourth-order valence-electron chi connectivity index (χ4n) is 2.58. The number of aryl methyl sites for hydroxylation is 2. The average molecular weight is 264 g/mol. The molecule has 1 fully saturated rings. The molecule has 0 aromatic carbocycles. The molecule has 0 radical (unpaired) electrons. The molecule has 1 heterocycles. The maximum Gasteiger partial charge on any atom is 0.329 e. The van der Waals surface area contributed by atoms with Gasteiger partial charge in [-0.2, -0.15) is 5.10 Å². The molecule has 0 amide bonds. The van der Waals surface area contributed by atoms with Gasteiger partial charge in [0.15, 0.2) is 0 Å². The van der Waals surface area contributed by atoms with Crippen LogP contribution in [0.15, 0.2) is 0 Å². The van der Waals surface area contributed by atoms with Crippen molar-refractivity contribution in [3.8, 4) is 0 Å². The molecule has 6 nitrogen and oxygen atoms in total. The molecule has 0 saturated heterocycles. The Hall–Kier alpha value is -1.72. The van der Waals surface area contributed by atoms with Gasteiger partial charge in [0.2, 0.25) is 5.95 Å². The highest BCUT2D eigenvalue weighted by atomic mass is 16.4. The zero-order valence-electron chi connectivity index (χ0n) is 11.4. The molecule has 1 aromatic heterocycles. The standard InChI is InChI=1S/C13H20N4O2/c1-3-9-10(4-2)16-17-12(14-9)15-13(11(18)19)7-5-6-8-13/h3-8H2,1-2H3,(H,18,19)(H,14,15,17). The molecule has 0 aliphatic heterocycles. The minimum Gasteiger partial charge on any atom is -0.480 e. The molecule has 1 aliphatic rings. The van der Waals surface area contributed by atoms with Gasteiger partial charge in [-0.05, 0) is 25.7 Å². The van der Waals surface area contributed by atoms with E-state index in [0.717, 1.165) is 37.1 Å². The van der Waals surface area contributed by atoms with Crippen molar-refractivity contribution in [1.29, 1.82) is 0 Å². The predicted octanol–water partition coefficient (Wildman–Crippen LogP) is 1.81. The molecular weight excluding hydrogens is 244 g/mol. The normalized spacial score (nSPS) is 17.4.